The molecule has 122 valence electrons. The van der Waals surface area contributed by atoms with E-state index >= 15 is 0 Å². The van der Waals surface area contributed by atoms with Crippen LogP contribution in [0.2, 0.25) is 0 Å². The van der Waals surface area contributed by atoms with Crippen molar-refractivity contribution in [3.8, 4) is 0 Å². The van der Waals surface area contributed by atoms with E-state index in [9.17, 15) is 14.0 Å². The van der Waals surface area contributed by atoms with E-state index in [1.165, 1.54) is 0 Å². The molecule has 1 aromatic rings. The van der Waals surface area contributed by atoms with Crippen molar-refractivity contribution in [1.29, 1.82) is 0 Å². The zero-order chi connectivity index (χ0) is 16.2. The molecule has 2 aliphatic heterocycles. The summed E-state index contributed by atoms with van der Waals surface area (Å²) in [5.41, 5.74) is -1.11. The zero-order valence-corrected chi connectivity index (χ0v) is 13.3. The number of nitrogens with zero attached hydrogens (tertiary/aromatic N) is 2. The lowest BCUT2D eigenvalue weighted by molar-refractivity contribution is -0.139. The second kappa shape index (κ2) is 4.79. The summed E-state index contributed by atoms with van der Waals surface area (Å²) >= 11 is 0. The van der Waals surface area contributed by atoms with Gasteiger partial charge < -0.3 is 9.80 Å². The Balaban J connectivity index is 1.65. The molecule has 0 radical (unpaired) electrons. The molecule has 1 aromatic carbocycles. The minimum absolute atomic E-state index is 0.0637. The second-order valence-corrected chi connectivity index (χ2v) is 7.25. The highest BCUT2D eigenvalue weighted by molar-refractivity contribution is 5.91. The highest BCUT2D eigenvalue weighted by atomic mass is 19.1. The van der Waals surface area contributed by atoms with Crippen molar-refractivity contribution in [2.24, 2.45) is 5.41 Å². The monoisotopic (exact) mass is 316 g/mol. The van der Waals surface area contributed by atoms with Crippen LogP contribution in [-0.4, -0.2) is 54.0 Å². The molecule has 2 heterocycles. The van der Waals surface area contributed by atoms with E-state index in [1.807, 2.05) is 37.4 Å². The Bertz CT molecular complexity index is 658. The lowest BCUT2D eigenvalue weighted by Gasteiger charge is -2.29. The van der Waals surface area contributed by atoms with Gasteiger partial charge in [-0.05, 0) is 24.8 Å². The number of likely N-dealkylation sites (N-methyl/N-ethyl adjacent to an activating group) is 1. The summed E-state index contributed by atoms with van der Waals surface area (Å²) in [4.78, 5) is 28.5. The van der Waals surface area contributed by atoms with Gasteiger partial charge in [0, 0.05) is 32.6 Å². The van der Waals surface area contributed by atoms with Crippen LogP contribution in [0.25, 0.3) is 0 Å². The highest BCUT2D eigenvalue weighted by Crippen LogP contribution is 2.51. The lowest BCUT2D eigenvalue weighted by Crippen LogP contribution is -2.42. The molecule has 0 aromatic heterocycles. The molecule has 2 saturated heterocycles. The normalized spacial score (nSPS) is 31.9. The first-order chi connectivity index (χ1) is 11.0. The van der Waals surface area contributed by atoms with Crippen LogP contribution in [0, 0.1) is 5.41 Å². The topological polar surface area (TPSA) is 40.6 Å². The average Bonchev–Trinajstić information content (AvgIpc) is 3.08. The lowest BCUT2D eigenvalue weighted by atomic mass is 9.73. The van der Waals surface area contributed by atoms with E-state index in [2.05, 4.69) is 0 Å². The predicted molar refractivity (Wildman–Crippen MR) is 83.5 cm³/mol. The average molecular weight is 316 g/mol. The Morgan fingerprint density at radius 1 is 1.22 bits per heavy atom. The van der Waals surface area contributed by atoms with Gasteiger partial charge in [-0.1, -0.05) is 30.3 Å². The number of halogens is 1. The molecule has 3 aliphatic rings. The highest BCUT2D eigenvalue weighted by Gasteiger charge is 2.60. The molecule has 2 unspecified atom stereocenters. The second-order valence-electron chi connectivity index (χ2n) is 7.25. The van der Waals surface area contributed by atoms with Crippen molar-refractivity contribution in [2.75, 3.05) is 26.7 Å². The fraction of sp³-hybridized carbons (Fsp3) is 0.556. The third-order valence-corrected chi connectivity index (χ3v) is 5.76. The van der Waals surface area contributed by atoms with E-state index in [0.29, 0.717) is 38.9 Å². The van der Waals surface area contributed by atoms with Crippen LogP contribution in [0.5, 0.6) is 0 Å². The van der Waals surface area contributed by atoms with E-state index in [-0.39, 0.29) is 11.8 Å². The SMILES string of the molecule is CN1CC(c2ccccc2)C2(CCN(C(=O)C3(F)CC3)C2)C1=O. The number of alkyl halides is 1. The third-order valence-electron chi connectivity index (χ3n) is 5.76. The fourth-order valence-electron chi connectivity index (χ4n) is 4.24. The number of benzene rings is 1. The molecule has 0 N–H and O–H groups in total. The summed E-state index contributed by atoms with van der Waals surface area (Å²) in [5, 5.41) is 0. The summed E-state index contributed by atoms with van der Waals surface area (Å²) in [6.45, 7) is 1.49. The van der Waals surface area contributed by atoms with E-state index in [1.54, 1.807) is 9.80 Å². The third kappa shape index (κ3) is 2.09. The van der Waals surface area contributed by atoms with Gasteiger partial charge in [-0.25, -0.2) is 4.39 Å². The number of amides is 2. The molecule has 2 atom stereocenters. The summed E-state index contributed by atoms with van der Waals surface area (Å²) in [6, 6.07) is 10.00. The van der Waals surface area contributed by atoms with Crippen LogP contribution in [0.3, 0.4) is 0 Å². The maximum absolute atomic E-state index is 14.1. The van der Waals surface area contributed by atoms with E-state index in [4.69, 9.17) is 0 Å². The number of likely N-dealkylation sites (tertiary alicyclic amines) is 2. The molecule has 1 saturated carbocycles. The molecule has 4 rings (SSSR count). The number of carbonyl (C=O) groups is 2. The molecule has 0 bridgehead atoms. The minimum Gasteiger partial charge on any atom is -0.345 e. The first-order valence-corrected chi connectivity index (χ1v) is 8.25. The van der Waals surface area contributed by atoms with E-state index < -0.39 is 17.0 Å². The maximum Gasteiger partial charge on any atom is 0.260 e. The van der Waals surface area contributed by atoms with Crippen LogP contribution < -0.4 is 0 Å². The molecular weight excluding hydrogens is 295 g/mol. The van der Waals surface area contributed by atoms with Crippen molar-refractivity contribution in [3.63, 3.8) is 0 Å². The summed E-state index contributed by atoms with van der Waals surface area (Å²) < 4.78 is 14.1. The van der Waals surface area contributed by atoms with Crippen molar-refractivity contribution < 1.29 is 14.0 Å². The number of rotatable bonds is 2. The van der Waals surface area contributed by atoms with Gasteiger partial charge in [-0.2, -0.15) is 0 Å². The Hall–Kier alpha value is -1.91. The Labute approximate surface area is 135 Å². The molecule has 1 spiro atoms. The van der Waals surface area contributed by atoms with Gasteiger partial charge >= 0.3 is 0 Å². The minimum atomic E-state index is -1.65. The molecule has 2 amide bonds. The van der Waals surface area contributed by atoms with Crippen molar-refractivity contribution in [2.45, 2.75) is 30.8 Å². The smallest absolute Gasteiger partial charge is 0.260 e. The molecule has 1 aliphatic carbocycles. The van der Waals surface area contributed by atoms with Gasteiger partial charge in [0.05, 0.1) is 5.41 Å². The van der Waals surface area contributed by atoms with Crippen LogP contribution in [0.4, 0.5) is 4.39 Å². The Kier molecular flexibility index (Phi) is 3.06. The van der Waals surface area contributed by atoms with Crippen LogP contribution in [-0.2, 0) is 9.59 Å². The van der Waals surface area contributed by atoms with Crippen LogP contribution >= 0.6 is 0 Å². The van der Waals surface area contributed by atoms with E-state index in [0.717, 1.165) is 5.56 Å². The first-order valence-electron chi connectivity index (χ1n) is 8.25. The predicted octanol–water partition coefficient (Wildman–Crippen LogP) is 1.96. The first kappa shape index (κ1) is 14.7. The zero-order valence-electron chi connectivity index (χ0n) is 13.3. The van der Waals surface area contributed by atoms with Gasteiger partial charge in [0.15, 0.2) is 5.67 Å². The number of hydrogen-bond acceptors (Lipinski definition) is 2. The van der Waals surface area contributed by atoms with Gasteiger partial charge in [0.25, 0.3) is 5.91 Å². The number of hydrogen-bond donors (Lipinski definition) is 0. The van der Waals surface area contributed by atoms with Crippen molar-refractivity contribution in [1.82, 2.24) is 9.80 Å². The Morgan fingerprint density at radius 3 is 2.57 bits per heavy atom. The quantitative estimate of drug-likeness (QED) is 0.837. The standard InChI is InChI=1S/C18H21FN2O2/c1-20-11-14(13-5-3-2-4-6-13)17(15(20)22)9-10-21(12-17)16(23)18(19)7-8-18/h2-6,14H,7-12H2,1H3. The summed E-state index contributed by atoms with van der Waals surface area (Å²) in [7, 11) is 1.81. The van der Waals surface area contributed by atoms with Gasteiger partial charge in [-0.15, -0.1) is 0 Å². The molecule has 5 heteroatoms. The maximum atomic E-state index is 14.1. The van der Waals surface area contributed by atoms with Gasteiger partial charge in [0.1, 0.15) is 0 Å². The van der Waals surface area contributed by atoms with Crippen molar-refractivity contribution in [3.05, 3.63) is 35.9 Å². The number of carbonyl (C=O) groups excluding carboxylic acids is 2. The molecular formula is C18H21FN2O2. The summed E-state index contributed by atoms with van der Waals surface area (Å²) in [5.74, 6) is -0.261. The van der Waals surface area contributed by atoms with Gasteiger partial charge in [-0.3, -0.25) is 9.59 Å². The molecule has 3 fully saturated rings. The fourth-order valence-corrected chi connectivity index (χ4v) is 4.24. The summed E-state index contributed by atoms with van der Waals surface area (Å²) in [6.07, 6.45) is 1.27. The van der Waals surface area contributed by atoms with Crippen molar-refractivity contribution >= 4 is 11.8 Å². The van der Waals surface area contributed by atoms with Crippen LogP contribution in [0.15, 0.2) is 30.3 Å². The Morgan fingerprint density at radius 2 is 1.91 bits per heavy atom. The molecule has 4 nitrogen and oxygen atoms in total. The van der Waals surface area contributed by atoms with Gasteiger partial charge in [0.2, 0.25) is 5.91 Å². The molecule has 23 heavy (non-hydrogen) atoms. The van der Waals surface area contributed by atoms with Crippen LogP contribution in [0.1, 0.15) is 30.7 Å². The largest absolute Gasteiger partial charge is 0.345 e.